The highest BCUT2D eigenvalue weighted by Gasteiger charge is 2.16. The minimum absolute atomic E-state index is 0.0281. The number of esters is 1. The predicted octanol–water partition coefficient (Wildman–Crippen LogP) is -0.489. The number of ether oxygens (including phenoxy) is 1. The van der Waals surface area contributed by atoms with E-state index in [0.717, 1.165) is 0 Å². The van der Waals surface area contributed by atoms with E-state index in [2.05, 4.69) is 18.1 Å². The standard InChI is InChI=1S/C12H14N2O3/c1-4-6-8-7(3)10(13)9(11(15)14-8)12(16)17-5-2/h4,6H,1,3,5,13H2,2H3,(H,14,15)/b8-6+. The highest BCUT2D eigenvalue weighted by atomic mass is 16.5. The van der Waals surface area contributed by atoms with E-state index < -0.39 is 11.5 Å². The normalized spacial score (nSPS) is 11.2. The second kappa shape index (κ2) is 5.16. The zero-order valence-corrected chi connectivity index (χ0v) is 9.58. The summed E-state index contributed by atoms with van der Waals surface area (Å²) < 4.78 is 4.75. The van der Waals surface area contributed by atoms with Crippen LogP contribution in [0.4, 0.5) is 5.69 Å². The number of nitrogens with two attached hydrogens (primary N) is 1. The Morgan fingerprint density at radius 3 is 2.76 bits per heavy atom. The van der Waals surface area contributed by atoms with E-state index in [1.54, 1.807) is 13.0 Å². The first-order valence-corrected chi connectivity index (χ1v) is 5.03. The summed E-state index contributed by atoms with van der Waals surface area (Å²) in [5, 5.41) is 0.795. The van der Waals surface area contributed by atoms with Crippen LogP contribution in [0.1, 0.15) is 17.3 Å². The Bertz CT molecular complexity index is 614. The molecule has 0 aromatic carbocycles. The maximum Gasteiger partial charge on any atom is 0.345 e. The third-order valence-corrected chi connectivity index (χ3v) is 2.16. The number of rotatable bonds is 3. The summed E-state index contributed by atoms with van der Waals surface area (Å²) in [5.74, 6) is -0.749. The molecule has 1 aromatic heterocycles. The van der Waals surface area contributed by atoms with Crippen LogP contribution in [0.2, 0.25) is 0 Å². The van der Waals surface area contributed by atoms with Gasteiger partial charge in [0, 0.05) is 10.6 Å². The molecular formula is C12H14N2O3. The number of carbonyl (C=O) groups is 1. The number of anilines is 1. The van der Waals surface area contributed by atoms with Crippen LogP contribution in [0.5, 0.6) is 0 Å². The van der Waals surface area contributed by atoms with Gasteiger partial charge in [0.15, 0.2) is 0 Å². The van der Waals surface area contributed by atoms with Crippen molar-refractivity contribution in [2.75, 3.05) is 12.3 Å². The minimum Gasteiger partial charge on any atom is -0.462 e. The van der Waals surface area contributed by atoms with Gasteiger partial charge in [-0.25, -0.2) is 4.79 Å². The smallest absolute Gasteiger partial charge is 0.345 e. The minimum atomic E-state index is -0.749. The summed E-state index contributed by atoms with van der Waals surface area (Å²) in [6, 6.07) is 0. The van der Waals surface area contributed by atoms with Crippen LogP contribution < -0.4 is 21.9 Å². The van der Waals surface area contributed by atoms with Crippen molar-refractivity contribution < 1.29 is 9.53 Å². The van der Waals surface area contributed by atoms with Gasteiger partial charge in [0.05, 0.1) is 12.3 Å². The van der Waals surface area contributed by atoms with Crippen LogP contribution in [0, 0.1) is 0 Å². The molecule has 5 nitrogen and oxygen atoms in total. The maximum atomic E-state index is 11.7. The van der Waals surface area contributed by atoms with Crippen molar-refractivity contribution in [3.05, 3.63) is 39.1 Å². The van der Waals surface area contributed by atoms with Gasteiger partial charge in [-0.3, -0.25) is 4.79 Å². The van der Waals surface area contributed by atoms with Gasteiger partial charge in [-0.1, -0.05) is 19.2 Å². The molecule has 90 valence electrons. The van der Waals surface area contributed by atoms with Crippen LogP contribution >= 0.6 is 0 Å². The number of pyridine rings is 1. The average Bonchev–Trinajstić information content (AvgIpc) is 2.26. The van der Waals surface area contributed by atoms with Gasteiger partial charge in [-0.15, -0.1) is 0 Å². The second-order valence-corrected chi connectivity index (χ2v) is 3.26. The van der Waals surface area contributed by atoms with Crippen LogP contribution in [0.25, 0.3) is 12.7 Å². The number of aromatic nitrogens is 1. The van der Waals surface area contributed by atoms with E-state index >= 15 is 0 Å². The lowest BCUT2D eigenvalue weighted by Gasteiger charge is -2.04. The molecule has 0 radical (unpaired) electrons. The zero-order valence-electron chi connectivity index (χ0n) is 9.58. The maximum absolute atomic E-state index is 11.7. The van der Waals surface area contributed by atoms with Gasteiger partial charge < -0.3 is 15.5 Å². The molecule has 0 saturated carbocycles. The molecule has 5 heteroatoms. The molecule has 0 amide bonds. The van der Waals surface area contributed by atoms with Crippen LogP contribution in [0.3, 0.4) is 0 Å². The summed E-state index contributed by atoms with van der Waals surface area (Å²) in [4.78, 5) is 25.7. The van der Waals surface area contributed by atoms with Gasteiger partial charge in [0.2, 0.25) is 0 Å². The number of nitrogen functional groups attached to an aromatic ring is 1. The van der Waals surface area contributed by atoms with Crippen molar-refractivity contribution in [2.45, 2.75) is 6.92 Å². The van der Waals surface area contributed by atoms with Crippen molar-refractivity contribution >= 4 is 24.3 Å². The Hall–Kier alpha value is -2.30. The fourth-order valence-electron chi connectivity index (χ4n) is 1.34. The van der Waals surface area contributed by atoms with Crippen molar-refractivity contribution in [1.29, 1.82) is 0 Å². The topological polar surface area (TPSA) is 85.2 Å². The monoisotopic (exact) mass is 234 g/mol. The van der Waals surface area contributed by atoms with Gasteiger partial charge in [-0.2, -0.15) is 0 Å². The summed E-state index contributed by atoms with van der Waals surface area (Å²) in [7, 11) is 0. The number of hydrogen-bond donors (Lipinski definition) is 2. The van der Waals surface area contributed by atoms with Crippen LogP contribution in [-0.4, -0.2) is 17.6 Å². The Kier molecular flexibility index (Phi) is 3.87. The largest absolute Gasteiger partial charge is 0.462 e. The van der Waals surface area contributed by atoms with Gasteiger partial charge >= 0.3 is 5.97 Å². The van der Waals surface area contributed by atoms with Gasteiger partial charge in [0.1, 0.15) is 5.56 Å². The van der Waals surface area contributed by atoms with E-state index in [9.17, 15) is 9.59 Å². The molecule has 3 N–H and O–H groups in total. The summed E-state index contributed by atoms with van der Waals surface area (Å²) in [5.41, 5.74) is 4.93. The summed E-state index contributed by atoms with van der Waals surface area (Å²) in [6.07, 6.45) is 3.04. The lowest BCUT2D eigenvalue weighted by molar-refractivity contribution is 0.0525. The van der Waals surface area contributed by atoms with Crippen LogP contribution in [0.15, 0.2) is 17.4 Å². The lowest BCUT2D eigenvalue weighted by atomic mass is 10.2. The number of allylic oxidation sites excluding steroid dienone is 1. The number of H-pyrrole nitrogens is 1. The number of carbonyl (C=O) groups excluding carboxylic acids is 1. The lowest BCUT2D eigenvalue weighted by Crippen LogP contribution is -2.39. The van der Waals surface area contributed by atoms with Crippen LogP contribution in [-0.2, 0) is 4.74 Å². The molecule has 0 fully saturated rings. The average molecular weight is 234 g/mol. The molecule has 0 saturated heterocycles. The first-order chi connectivity index (χ1) is 8.02. The second-order valence-electron chi connectivity index (χ2n) is 3.26. The van der Waals surface area contributed by atoms with Crippen molar-refractivity contribution in [3.8, 4) is 0 Å². The summed E-state index contributed by atoms with van der Waals surface area (Å²) in [6.45, 7) is 9.02. The Balaban J connectivity index is 3.58. The molecule has 1 heterocycles. The van der Waals surface area contributed by atoms with Gasteiger partial charge in [-0.05, 0) is 13.0 Å². The van der Waals surface area contributed by atoms with Crippen molar-refractivity contribution in [2.24, 2.45) is 0 Å². The zero-order chi connectivity index (χ0) is 13.0. The molecule has 1 rings (SSSR count). The number of nitrogens with one attached hydrogen (secondary N) is 1. The third kappa shape index (κ3) is 2.44. The fraction of sp³-hybridized carbons (Fsp3) is 0.167. The highest BCUT2D eigenvalue weighted by Crippen LogP contribution is 1.99. The molecule has 0 aliphatic rings. The molecule has 0 atom stereocenters. The van der Waals surface area contributed by atoms with Crippen molar-refractivity contribution in [1.82, 2.24) is 4.98 Å². The van der Waals surface area contributed by atoms with E-state index in [1.807, 2.05) is 0 Å². The van der Waals surface area contributed by atoms with Gasteiger partial charge in [0.25, 0.3) is 5.56 Å². The first kappa shape index (κ1) is 12.8. The summed E-state index contributed by atoms with van der Waals surface area (Å²) >= 11 is 0. The molecule has 0 aliphatic heterocycles. The highest BCUT2D eigenvalue weighted by molar-refractivity contribution is 5.94. The van der Waals surface area contributed by atoms with Crippen molar-refractivity contribution in [3.63, 3.8) is 0 Å². The molecule has 0 aliphatic carbocycles. The molecule has 0 bridgehead atoms. The van der Waals surface area contributed by atoms with E-state index in [0.29, 0.717) is 10.6 Å². The molecule has 1 aromatic rings. The quantitative estimate of drug-likeness (QED) is 0.691. The third-order valence-electron chi connectivity index (χ3n) is 2.16. The predicted molar refractivity (Wildman–Crippen MR) is 66.9 cm³/mol. The SMILES string of the molecule is C=C/C=c1/[nH]c(=O)c(C(=O)OCC)c(N)c1=C. The molecule has 17 heavy (non-hydrogen) atoms. The van der Waals surface area contributed by atoms with E-state index in [1.165, 1.54) is 6.08 Å². The first-order valence-electron chi connectivity index (χ1n) is 5.03. The Morgan fingerprint density at radius 2 is 2.24 bits per heavy atom. The Labute approximate surface area is 97.9 Å². The fourth-order valence-corrected chi connectivity index (χ4v) is 1.34. The Morgan fingerprint density at radius 1 is 1.59 bits per heavy atom. The van der Waals surface area contributed by atoms with E-state index in [-0.39, 0.29) is 17.9 Å². The molecular weight excluding hydrogens is 220 g/mol. The number of aromatic amines is 1. The molecule has 0 spiro atoms. The number of hydrogen-bond acceptors (Lipinski definition) is 4. The molecule has 0 unspecified atom stereocenters. The van der Waals surface area contributed by atoms with E-state index in [4.69, 9.17) is 10.5 Å².